The van der Waals surface area contributed by atoms with Crippen LogP contribution in [0, 0.1) is 0 Å². The minimum Gasteiger partial charge on any atom is -0.462 e. The number of halogens is 1. The zero-order valence-electron chi connectivity index (χ0n) is 18.8. The average Bonchev–Trinajstić information content (AvgIpc) is 3.32. The summed E-state index contributed by atoms with van der Waals surface area (Å²) in [4.78, 5) is 27.2. The lowest BCUT2D eigenvalue weighted by Gasteiger charge is -2.30. The fourth-order valence-electron chi connectivity index (χ4n) is 3.66. The first-order chi connectivity index (χ1) is 16.5. The van der Waals surface area contributed by atoms with Crippen molar-refractivity contribution in [2.24, 2.45) is 0 Å². The number of amides is 1. The lowest BCUT2D eigenvalue weighted by molar-refractivity contribution is -0.111. The lowest BCUT2D eigenvalue weighted by atomic mass is 10.1. The van der Waals surface area contributed by atoms with E-state index in [2.05, 4.69) is 10.2 Å². The number of hydrogen-bond donors (Lipinski definition) is 1. The molecular formula is C26H25ClN2O5. The largest absolute Gasteiger partial charge is 0.462 e. The number of esters is 1. The van der Waals surface area contributed by atoms with Gasteiger partial charge >= 0.3 is 5.97 Å². The summed E-state index contributed by atoms with van der Waals surface area (Å²) in [5, 5.41) is 3.37. The van der Waals surface area contributed by atoms with Gasteiger partial charge in [0, 0.05) is 30.4 Å². The predicted octanol–water partition coefficient (Wildman–Crippen LogP) is 5.27. The molecule has 1 N–H and O–H groups in total. The number of benzene rings is 2. The first-order valence-corrected chi connectivity index (χ1v) is 11.4. The molecule has 176 valence electrons. The molecule has 0 bridgehead atoms. The normalized spacial score (nSPS) is 13.8. The predicted molar refractivity (Wildman–Crippen MR) is 132 cm³/mol. The SMILES string of the molecule is CCOC(=O)c1cc(NC(=O)/C=C/c2ccc(-c3ccccc3Cl)o2)ccc1N1CCOCC1. The Morgan fingerprint density at radius 2 is 1.91 bits per heavy atom. The first-order valence-electron chi connectivity index (χ1n) is 11.0. The number of nitrogens with one attached hydrogen (secondary N) is 1. The van der Waals surface area contributed by atoms with E-state index in [9.17, 15) is 9.59 Å². The monoisotopic (exact) mass is 480 g/mol. The van der Waals surface area contributed by atoms with Crippen LogP contribution in [0.3, 0.4) is 0 Å². The first kappa shape index (κ1) is 23.6. The maximum Gasteiger partial charge on any atom is 0.340 e. The number of nitrogens with zero attached hydrogens (tertiary/aromatic N) is 1. The molecule has 1 amide bonds. The van der Waals surface area contributed by atoms with E-state index in [-0.39, 0.29) is 12.5 Å². The van der Waals surface area contributed by atoms with Crippen molar-refractivity contribution >= 4 is 40.9 Å². The van der Waals surface area contributed by atoms with E-state index in [1.807, 2.05) is 24.3 Å². The summed E-state index contributed by atoms with van der Waals surface area (Å²) < 4.78 is 16.4. The second kappa shape index (κ2) is 11.0. The third-order valence-corrected chi connectivity index (χ3v) is 5.61. The maximum atomic E-state index is 12.6. The van der Waals surface area contributed by atoms with Gasteiger partial charge in [-0.15, -0.1) is 0 Å². The van der Waals surface area contributed by atoms with E-state index in [1.54, 1.807) is 43.3 Å². The molecular weight excluding hydrogens is 456 g/mol. The number of hydrogen-bond acceptors (Lipinski definition) is 6. The van der Waals surface area contributed by atoms with Gasteiger partial charge in [0.1, 0.15) is 11.5 Å². The van der Waals surface area contributed by atoms with Gasteiger partial charge in [-0.2, -0.15) is 0 Å². The Morgan fingerprint density at radius 1 is 1.12 bits per heavy atom. The van der Waals surface area contributed by atoms with Crippen LogP contribution in [-0.4, -0.2) is 44.8 Å². The second-order valence-electron chi connectivity index (χ2n) is 7.56. The van der Waals surface area contributed by atoms with Gasteiger partial charge < -0.3 is 24.1 Å². The van der Waals surface area contributed by atoms with Crippen LogP contribution in [0.1, 0.15) is 23.0 Å². The maximum absolute atomic E-state index is 12.6. The number of morpholine rings is 1. The lowest BCUT2D eigenvalue weighted by Crippen LogP contribution is -2.37. The topological polar surface area (TPSA) is 81.0 Å². The fraction of sp³-hybridized carbons (Fsp3) is 0.231. The van der Waals surface area contributed by atoms with Crippen molar-refractivity contribution in [3.05, 3.63) is 77.0 Å². The second-order valence-corrected chi connectivity index (χ2v) is 7.96. The molecule has 7 nitrogen and oxygen atoms in total. The van der Waals surface area contributed by atoms with Crippen molar-refractivity contribution in [3.63, 3.8) is 0 Å². The van der Waals surface area contributed by atoms with E-state index in [4.69, 9.17) is 25.5 Å². The van der Waals surface area contributed by atoms with Gasteiger partial charge in [0.15, 0.2) is 0 Å². The van der Waals surface area contributed by atoms with Crippen molar-refractivity contribution < 1.29 is 23.5 Å². The molecule has 1 saturated heterocycles. The molecule has 0 radical (unpaired) electrons. The number of carbonyl (C=O) groups excluding carboxylic acids is 2. The van der Waals surface area contributed by atoms with Crippen LogP contribution in [0.15, 0.2) is 65.1 Å². The number of rotatable bonds is 7. The van der Waals surface area contributed by atoms with E-state index in [0.717, 1.165) is 11.3 Å². The van der Waals surface area contributed by atoms with Gasteiger partial charge in [-0.3, -0.25) is 4.79 Å². The Hall–Kier alpha value is -3.55. The van der Waals surface area contributed by atoms with Crippen LogP contribution in [0.4, 0.5) is 11.4 Å². The summed E-state index contributed by atoms with van der Waals surface area (Å²) in [6, 6.07) is 16.2. The molecule has 1 aliphatic heterocycles. The number of ether oxygens (including phenoxy) is 2. The Balaban J connectivity index is 1.47. The van der Waals surface area contributed by atoms with Crippen molar-refractivity contribution in [3.8, 4) is 11.3 Å². The minimum absolute atomic E-state index is 0.264. The zero-order chi connectivity index (χ0) is 23.9. The van der Waals surface area contributed by atoms with Crippen molar-refractivity contribution in [1.29, 1.82) is 0 Å². The van der Waals surface area contributed by atoms with Crippen molar-refractivity contribution in [2.75, 3.05) is 43.1 Å². The molecule has 0 saturated carbocycles. The van der Waals surface area contributed by atoms with E-state index in [0.29, 0.717) is 54.1 Å². The summed E-state index contributed by atoms with van der Waals surface area (Å²) in [6.07, 6.45) is 2.94. The smallest absolute Gasteiger partial charge is 0.340 e. The van der Waals surface area contributed by atoms with Crippen molar-refractivity contribution in [1.82, 2.24) is 0 Å². The Bertz CT molecular complexity index is 1200. The fourth-order valence-corrected chi connectivity index (χ4v) is 3.88. The molecule has 3 aromatic rings. The van der Waals surface area contributed by atoms with E-state index < -0.39 is 5.97 Å². The Kier molecular flexibility index (Phi) is 7.67. The summed E-state index contributed by atoms with van der Waals surface area (Å²) in [5.74, 6) is 0.339. The van der Waals surface area contributed by atoms with Gasteiger partial charge in [0.05, 0.1) is 36.1 Å². The molecule has 1 aromatic heterocycles. The molecule has 2 heterocycles. The highest BCUT2D eigenvalue weighted by Crippen LogP contribution is 2.29. The Morgan fingerprint density at radius 3 is 2.68 bits per heavy atom. The third-order valence-electron chi connectivity index (χ3n) is 5.28. The molecule has 1 fully saturated rings. The summed E-state index contributed by atoms with van der Waals surface area (Å²) in [5.41, 5.74) is 2.44. The highest BCUT2D eigenvalue weighted by Gasteiger charge is 2.20. The number of furan rings is 1. The van der Waals surface area contributed by atoms with E-state index >= 15 is 0 Å². The van der Waals surface area contributed by atoms with Crippen LogP contribution in [0.2, 0.25) is 5.02 Å². The molecule has 4 rings (SSSR count). The van der Waals surface area contributed by atoms with Crippen LogP contribution >= 0.6 is 11.6 Å². The summed E-state index contributed by atoms with van der Waals surface area (Å²) >= 11 is 6.22. The van der Waals surface area contributed by atoms with Gasteiger partial charge in [-0.05, 0) is 55.5 Å². The third kappa shape index (κ3) is 5.68. The van der Waals surface area contributed by atoms with E-state index in [1.165, 1.54) is 6.08 Å². The highest BCUT2D eigenvalue weighted by atomic mass is 35.5. The number of anilines is 2. The molecule has 2 aromatic carbocycles. The Labute approximate surface area is 202 Å². The van der Waals surface area contributed by atoms with Crippen LogP contribution in [0.25, 0.3) is 17.4 Å². The average molecular weight is 481 g/mol. The molecule has 0 spiro atoms. The molecule has 0 unspecified atom stereocenters. The quantitative estimate of drug-likeness (QED) is 0.366. The van der Waals surface area contributed by atoms with Crippen LogP contribution in [0.5, 0.6) is 0 Å². The summed E-state index contributed by atoms with van der Waals surface area (Å²) in [7, 11) is 0. The minimum atomic E-state index is -0.432. The molecule has 1 aliphatic rings. The molecule has 8 heteroatoms. The van der Waals surface area contributed by atoms with Gasteiger partial charge in [0.2, 0.25) is 5.91 Å². The van der Waals surface area contributed by atoms with Crippen molar-refractivity contribution in [2.45, 2.75) is 6.92 Å². The number of carbonyl (C=O) groups is 2. The van der Waals surface area contributed by atoms with Crippen LogP contribution in [-0.2, 0) is 14.3 Å². The highest BCUT2D eigenvalue weighted by molar-refractivity contribution is 6.33. The molecule has 0 atom stereocenters. The van der Waals surface area contributed by atoms with Gasteiger partial charge in [0.25, 0.3) is 0 Å². The van der Waals surface area contributed by atoms with Gasteiger partial charge in [-0.1, -0.05) is 23.7 Å². The summed E-state index contributed by atoms with van der Waals surface area (Å²) in [6.45, 7) is 4.57. The standard InChI is InChI=1S/C26H25ClN2O5/c1-2-33-26(31)21-17-18(7-10-23(21)29-13-15-32-16-14-29)28-25(30)12-9-19-8-11-24(34-19)20-5-3-4-6-22(20)27/h3-12,17H,2,13-16H2,1H3,(H,28,30)/b12-9+. The van der Waals surface area contributed by atoms with Gasteiger partial charge in [-0.25, -0.2) is 4.79 Å². The molecule has 34 heavy (non-hydrogen) atoms. The zero-order valence-corrected chi connectivity index (χ0v) is 19.5. The molecule has 0 aliphatic carbocycles. The van der Waals surface area contributed by atoms with Crippen LogP contribution < -0.4 is 10.2 Å².